The first-order valence-corrected chi connectivity index (χ1v) is 8.94. The van der Waals surface area contributed by atoms with Crippen molar-refractivity contribution in [1.82, 2.24) is 4.72 Å². The van der Waals surface area contributed by atoms with E-state index in [0.29, 0.717) is 5.75 Å². The van der Waals surface area contributed by atoms with Crippen LogP contribution in [0.25, 0.3) is 0 Å². The number of hydrogen-bond acceptors (Lipinski definition) is 4. The van der Waals surface area contributed by atoms with Gasteiger partial charge in [-0.05, 0) is 49.3 Å². The van der Waals surface area contributed by atoms with Gasteiger partial charge in [-0.15, -0.1) is 0 Å². The van der Waals surface area contributed by atoms with E-state index in [1.807, 2.05) is 0 Å². The van der Waals surface area contributed by atoms with E-state index in [1.165, 1.54) is 25.6 Å². The summed E-state index contributed by atoms with van der Waals surface area (Å²) in [7, 11) is -4.04. The number of thioether (sulfide) groups is 1. The molecule has 0 amide bonds. The van der Waals surface area contributed by atoms with Crippen molar-refractivity contribution in [2.75, 3.05) is 11.5 Å². The minimum Gasteiger partial charge on any atom is -0.480 e. The Hall–Kier alpha value is -1.12. The van der Waals surface area contributed by atoms with Crippen LogP contribution in [0.5, 0.6) is 0 Å². The summed E-state index contributed by atoms with van der Waals surface area (Å²) in [4.78, 5) is 11.4. The van der Waals surface area contributed by atoms with Crippen molar-refractivity contribution < 1.29 is 22.7 Å². The van der Waals surface area contributed by atoms with Gasteiger partial charge in [0, 0.05) is 5.75 Å². The van der Waals surface area contributed by atoms with Crippen molar-refractivity contribution in [2.45, 2.75) is 30.7 Å². The first-order valence-electron chi connectivity index (χ1n) is 6.30. The lowest BCUT2D eigenvalue weighted by molar-refractivity contribution is -0.142. The van der Waals surface area contributed by atoms with E-state index in [1.54, 1.807) is 0 Å². The summed E-state index contributed by atoms with van der Waals surface area (Å²) < 4.78 is 40.7. The van der Waals surface area contributed by atoms with Crippen molar-refractivity contribution in [1.29, 1.82) is 0 Å². The molecule has 1 saturated heterocycles. The summed E-state index contributed by atoms with van der Waals surface area (Å²) in [5, 5.41) is 9.36. The third kappa shape index (κ3) is 3.07. The van der Waals surface area contributed by atoms with Crippen LogP contribution in [-0.4, -0.2) is 36.5 Å². The van der Waals surface area contributed by atoms with Gasteiger partial charge in [0.05, 0.1) is 4.90 Å². The van der Waals surface area contributed by atoms with Crippen molar-refractivity contribution in [3.05, 3.63) is 29.1 Å². The summed E-state index contributed by atoms with van der Waals surface area (Å²) in [5.74, 6) is -0.946. The third-order valence-electron chi connectivity index (χ3n) is 3.45. The van der Waals surface area contributed by atoms with Crippen LogP contribution >= 0.6 is 11.8 Å². The van der Waals surface area contributed by atoms with E-state index in [9.17, 15) is 22.7 Å². The lowest BCUT2D eigenvalue weighted by atomic mass is 10.0. The van der Waals surface area contributed by atoms with Crippen LogP contribution in [0, 0.1) is 19.7 Å². The van der Waals surface area contributed by atoms with Crippen molar-refractivity contribution in [3.63, 3.8) is 0 Å². The maximum atomic E-state index is 13.3. The zero-order valence-corrected chi connectivity index (χ0v) is 13.3. The van der Waals surface area contributed by atoms with Gasteiger partial charge in [0.15, 0.2) is 0 Å². The maximum absolute atomic E-state index is 13.3. The zero-order valence-electron chi connectivity index (χ0n) is 11.6. The van der Waals surface area contributed by atoms with Gasteiger partial charge in [-0.25, -0.2) is 12.8 Å². The van der Waals surface area contributed by atoms with E-state index in [-0.39, 0.29) is 28.2 Å². The average Bonchev–Trinajstić information content (AvgIpc) is 2.75. The smallest absolute Gasteiger partial charge is 0.325 e. The Labute approximate surface area is 127 Å². The number of sulfonamides is 1. The molecule has 116 valence electrons. The molecule has 21 heavy (non-hydrogen) atoms. The first kappa shape index (κ1) is 16.3. The molecule has 2 N–H and O–H groups in total. The topological polar surface area (TPSA) is 83.5 Å². The number of carboxylic acids is 1. The molecule has 1 aliphatic heterocycles. The molecule has 1 aromatic carbocycles. The van der Waals surface area contributed by atoms with Crippen LogP contribution in [0.15, 0.2) is 17.0 Å². The minimum atomic E-state index is -4.04. The first-order chi connectivity index (χ1) is 9.68. The second-order valence-electron chi connectivity index (χ2n) is 5.16. The highest BCUT2D eigenvalue weighted by atomic mass is 32.2. The fourth-order valence-electron chi connectivity index (χ4n) is 2.49. The van der Waals surface area contributed by atoms with Crippen LogP contribution < -0.4 is 4.72 Å². The molecule has 0 spiro atoms. The number of carboxylic acid groups (broad SMARTS) is 1. The molecule has 1 aliphatic rings. The number of carbonyl (C=O) groups is 1. The second-order valence-corrected chi connectivity index (χ2v) is 7.89. The maximum Gasteiger partial charge on any atom is 0.325 e. The highest BCUT2D eigenvalue weighted by Gasteiger charge is 2.45. The summed E-state index contributed by atoms with van der Waals surface area (Å²) in [6.07, 6.45) is 0.228. The van der Waals surface area contributed by atoms with Gasteiger partial charge in [0.25, 0.3) is 0 Å². The number of benzene rings is 1. The van der Waals surface area contributed by atoms with Crippen LogP contribution in [0.3, 0.4) is 0 Å². The normalized spacial score (nSPS) is 22.4. The zero-order chi connectivity index (χ0) is 15.8. The predicted molar refractivity (Wildman–Crippen MR) is 78.5 cm³/mol. The quantitative estimate of drug-likeness (QED) is 0.876. The number of aliphatic carboxylic acids is 1. The number of hydrogen-bond donors (Lipinski definition) is 2. The molecule has 0 radical (unpaired) electrons. The Morgan fingerprint density at radius 2 is 1.95 bits per heavy atom. The lowest BCUT2D eigenvalue weighted by Gasteiger charge is -2.25. The molecule has 0 aromatic heterocycles. The summed E-state index contributed by atoms with van der Waals surface area (Å²) >= 11 is 1.39. The number of nitrogens with one attached hydrogen (secondary N) is 1. The number of aryl methyl sites for hydroxylation is 2. The predicted octanol–water partition coefficient (Wildman–Crippen LogP) is 1.68. The van der Waals surface area contributed by atoms with Gasteiger partial charge in [0.2, 0.25) is 10.0 Å². The van der Waals surface area contributed by atoms with Gasteiger partial charge in [-0.2, -0.15) is 16.5 Å². The molecule has 0 bridgehead atoms. The molecular formula is C13H16FNO4S2. The molecule has 1 aromatic rings. The van der Waals surface area contributed by atoms with Crippen molar-refractivity contribution in [3.8, 4) is 0 Å². The third-order valence-corrected chi connectivity index (χ3v) is 6.49. The molecule has 1 unspecified atom stereocenters. The number of rotatable bonds is 4. The van der Waals surface area contributed by atoms with Crippen LogP contribution in [-0.2, 0) is 14.8 Å². The SMILES string of the molecule is Cc1cc(F)cc(C)c1S(=O)(=O)NC1(C(=O)O)CCSC1. The van der Waals surface area contributed by atoms with Gasteiger partial charge in [-0.3, -0.25) is 4.79 Å². The Balaban J connectivity index is 2.46. The van der Waals surface area contributed by atoms with Crippen molar-refractivity contribution in [2.24, 2.45) is 0 Å². The summed E-state index contributed by atoms with van der Waals surface area (Å²) in [5.41, 5.74) is -0.978. The van der Waals surface area contributed by atoms with Gasteiger partial charge in [0.1, 0.15) is 11.4 Å². The number of halogens is 1. The highest BCUT2D eigenvalue weighted by molar-refractivity contribution is 7.99. The molecule has 1 atom stereocenters. The van der Waals surface area contributed by atoms with E-state index in [0.717, 1.165) is 12.1 Å². The molecule has 0 saturated carbocycles. The second kappa shape index (κ2) is 5.58. The van der Waals surface area contributed by atoms with Crippen LogP contribution in [0.4, 0.5) is 4.39 Å². The van der Waals surface area contributed by atoms with Crippen LogP contribution in [0.1, 0.15) is 17.5 Å². The fraction of sp³-hybridized carbons (Fsp3) is 0.462. The standard InChI is InChI=1S/C13H16FNO4S2/c1-8-5-10(14)6-9(2)11(8)21(18,19)15-13(12(16)17)3-4-20-7-13/h5-6,15H,3-4,7H2,1-2H3,(H,16,17). The molecular weight excluding hydrogens is 317 g/mol. The minimum absolute atomic E-state index is 0.0542. The average molecular weight is 333 g/mol. The molecule has 2 rings (SSSR count). The van der Waals surface area contributed by atoms with E-state index in [2.05, 4.69) is 4.72 Å². The molecule has 1 fully saturated rings. The van der Waals surface area contributed by atoms with E-state index >= 15 is 0 Å². The Bertz CT molecular complexity index is 658. The van der Waals surface area contributed by atoms with Gasteiger partial charge >= 0.3 is 5.97 Å². The fourth-order valence-corrected chi connectivity index (χ4v) is 5.75. The van der Waals surface area contributed by atoms with Gasteiger partial charge < -0.3 is 5.11 Å². The van der Waals surface area contributed by atoms with Gasteiger partial charge in [-0.1, -0.05) is 0 Å². The monoisotopic (exact) mass is 333 g/mol. The van der Waals surface area contributed by atoms with E-state index < -0.39 is 27.3 Å². The molecule has 1 heterocycles. The summed E-state index contributed by atoms with van der Waals surface area (Å²) in [6.45, 7) is 2.98. The largest absolute Gasteiger partial charge is 0.480 e. The van der Waals surface area contributed by atoms with E-state index in [4.69, 9.17) is 0 Å². The molecule has 8 heteroatoms. The Kier molecular flexibility index (Phi) is 4.32. The van der Waals surface area contributed by atoms with Crippen molar-refractivity contribution >= 4 is 27.8 Å². The molecule has 0 aliphatic carbocycles. The molecule has 5 nitrogen and oxygen atoms in total. The Morgan fingerprint density at radius 1 is 1.38 bits per heavy atom. The van der Waals surface area contributed by atoms with Crippen LogP contribution in [0.2, 0.25) is 0 Å². The summed E-state index contributed by atoms with van der Waals surface area (Å²) in [6, 6.07) is 2.25. The lowest BCUT2D eigenvalue weighted by Crippen LogP contribution is -2.54. The Morgan fingerprint density at radius 3 is 2.38 bits per heavy atom. The highest BCUT2D eigenvalue weighted by Crippen LogP contribution is 2.31.